The van der Waals surface area contributed by atoms with Gasteiger partial charge in [-0.15, -0.1) is 0 Å². The van der Waals surface area contributed by atoms with E-state index >= 15 is 0 Å². The first-order valence-corrected chi connectivity index (χ1v) is 24.6. The van der Waals surface area contributed by atoms with Crippen LogP contribution in [-0.4, -0.2) is 188 Å². The van der Waals surface area contributed by atoms with E-state index in [-0.39, 0.29) is 41.0 Å². The highest BCUT2D eigenvalue weighted by Crippen LogP contribution is 2.76. The predicted molar refractivity (Wildman–Crippen MR) is 238 cm³/mol. The second kappa shape index (κ2) is 19.9. The van der Waals surface area contributed by atoms with E-state index in [0.717, 1.165) is 19.1 Å². The van der Waals surface area contributed by atoms with Crippen molar-refractivity contribution in [2.45, 2.75) is 198 Å². The number of hydrogen-bond donors (Lipinski definition) is 10. The lowest BCUT2D eigenvalue weighted by atomic mass is 9.33. The minimum absolute atomic E-state index is 0.00111. The van der Waals surface area contributed by atoms with Crippen molar-refractivity contribution in [3.63, 3.8) is 0 Å². The minimum atomic E-state index is -2.15. The topological polar surface area (TPSA) is 318 Å². The van der Waals surface area contributed by atoms with E-state index < -0.39 is 140 Å². The fraction of sp³-hybridized carbons (Fsp3) is 0.898. The number of allylic oxidation sites excluding steroid dienone is 2. The molecule has 2 saturated heterocycles. The molecule has 23 atom stereocenters. The molecule has 10 unspecified atom stereocenters. The monoisotopic (exact) mass is 987 g/mol. The van der Waals surface area contributed by atoms with E-state index in [1.54, 1.807) is 6.92 Å². The lowest BCUT2D eigenvalue weighted by molar-refractivity contribution is -0.387. The van der Waals surface area contributed by atoms with Crippen LogP contribution >= 0.6 is 0 Å². The Balaban J connectivity index is 1.24. The van der Waals surface area contributed by atoms with Crippen LogP contribution in [0.25, 0.3) is 0 Å². The molecular formula is C49H78O20. The highest BCUT2D eigenvalue weighted by atomic mass is 16.8. The zero-order valence-electron chi connectivity index (χ0n) is 41.1. The Labute approximate surface area is 403 Å². The number of carboxylic acids is 1. The predicted octanol–water partition coefficient (Wildman–Crippen LogP) is 0.314. The average molecular weight is 987 g/mol. The number of ether oxygens (including phenoxy) is 7. The molecule has 2 aliphatic heterocycles. The van der Waals surface area contributed by atoms with E-state index in [9.17, 15) is 65.4 Å². The Kier molecular flexibility index (Phi) is 15.7. The van der Waals surface area contributed by atoms with Crippen molar-refractivity contribution in [1.82, 2.24) is 0 Å². The zero-order valence-corrected chi connectivity index (χ0v) is 41.1. The van der Waals surface area contributed by atoms with E-state index in [1.807, 2.05) is 0 Å². The highest BCUT2D eigenvalue weighted by molar-refractivity contribution is 5.79. The molecule has 0 spiro atoms. The first-order chi connectivity index (χ1) is 32.2. The van der Waals surface area contributed by atoms with Gasteiger partial charge in [-0.3, -0.25) is 4.79 Å². The second-order valence-corrected chi connectivity index (χ2v) is 23.1. The van der Waals surface area contributed by atoms with Crippen molar-refractivity contribution in [2.24, 2.45) is 50.2 Å². The van der Waals surface area contributed by atoms with Crippen LogP contribution < -0.4 is 0 Å². The Morgan fingerprint density at radius 3 is 2.14 bits per heavy atom. The molecule has 5 aliphatic carbocycles. The molecule has 0 aromatic heterocycles. The first kappa shape index (κ1) is 54.5. The summed E-state index contributed by atoms with van der Waals surface area (Å²) in [6.07, 6.45) is -17.6. The van der Waals surface area contributed by atoms with Gasteiger partial charge < -0.3 is 89.0 Å². The quantitative estimate of drug-likeness (QED) is 0.0347. The maximum Gasteiger partial charge on any atom is 0.335 e. The van der Waals surface area contributed by atoms with Crippen LogP contribution in [0.4, 0.5) is 0 Å². The van der Waals surface area contributed by atoms with Gasteiger partial charge >= 0.3 is 11.9 Å². The van der Waals surface area contributed by atoms with Gasteiger partial charge in [-0.1, -0.05) is 53.2 Å². The number of esters is 1. The van der Waals surface area contributed by atoms with Crippen LogP contribution in [0, 0.1) is 50.2 Å². The van der Waals surface area contributed by atoms with Crippen LogP contribution in [0.15, 0.2) is 11.6 Å². The Hall–Kier alpha value is -2.25. The lowest BCUT2D eigenvalue weighted by Gasteiger charge is -2.71. The maximum absolute atomic E-state index is 13.9. The number of methoxy groups -OCH3 is 1. The Morgan fingerprint density at radius 1 is 0.841 bits per heavy atom. The van der Waals surface area contributed by atoms with Crippen molar-refractivity contribution in [2.75, 3.05) is 26.9 Å². The standard InChI is InChI=1S/C49H78O20/c1-23(53)21-64-40(26(54)19-50)67-36-35(59)37(39(60)61)68-42(38(36)69-41-34(58)33(57)32(56)27(20-51)65-41)66-31-12-13-45(4)28(46(31,5)22-52)11-14-47(6)29(45)10-9-24-25-17-44(2,3)15-16-49(25,43(62)63-8)30(55)18-48(24,47)7/h9,22-23,25-38,40-42,50-51,53-59H,10-21H2,1-8H3,(H,60,61)/t23-,25?,26-,27?,28?,29?,30+,31-,32-,33?,34-,35-,36?,37?,38?,40-,41-,42+,45?,46+,47?,48+,49+/m0/s1. The van der Waals surface area contributed by atoms with Gasteiger partial charge in [0, 0.05) is 0 Å². The van der Waals surface area contributed by atoms with Gasteiger partial charge in [-0.2, -0.15) is 0 Å². The number of aliphatic carboxylic acids is 1. The van der Waals surface area contributed by atoms with Gasteiger partial charge in [0.1, 0.15) is 60.5 Å². The van der Waals surface area contributed by atoms with Crippen molar-refractivity contribution >= 4 is 18.2 Å². The summed E-state index contributed by atoms with van der Waals surface area (Å²) < 4.78 is 41.6. The number of carbonyl (C=O) groups is 3. The summed E-state index contributed by atoms with van der Waals surface area (Å²) in [7, 11) is 1.39. The van der Waals surface area contributed by atoms with Gasteiger partial charge in [-0.25, -0.2) is 4.79 Å². The average Bonchev–Trinajstić information content (AvgIpc) is 3.29. The summed E-state index contributed by atoms with van der Waals surface area (Å²) in [5.74, 6) is -2.60. The van der Waals surface area contributed by atoms with Crippen LogP contribution in [-0.2, 0) is 47.5 Å². The third-order valence-corrected chi connectivity index (χ3v) is 18.7. The molecule has 2 heterocycles. The second-order valence-electron chi connectivity index (χ2n) is 23.1. The van der Waals surface area contributed by atoms with Gasteiger partial charge in [0.25, 0.3) is 0 Å². The fourth-order valence-corrected chi connectivity index (χ4v) is 14.6. The van der Waals surface area contributed by atoms with Crippen molar-refractivity contribution in [3.05, 3.63) is 11.6 Å². The number of aldehydes is 1. The number of aliphatic hydroxyl groups excluding tert-OH is 9. The molecule has 20 nitrogen and oxygen atoms in total. The van der Waals surface area contributed by atoms with E-state index in [4.69, 9.17) is 33.2 Å². The van der Waals surface area contributed by atoms with Crippen molar-refractivity contribution in [3.8, 4) is 0 Å². The summed E-state index contributed by atoms with van der Waals surface area (Å²) in [4.78, 5) is 40.5. The summed E-state index contributed by atoms with van der Waals surface area (Å²) in [6, 6.07) is 0. The van der Waals surface area contributed by atoms with Gasteiger partial charge in [0.2, 0.25) is 0 Å². The van der Waals surface area contributed by atoms with Crippen LogP contribution in [0.2, 0.25) is 0 Å². The zero-order chi connectivity index (χ0) is 51.0. The van der Waals surface area contributed by atoms with Crippen molar-refractivity contribution in [1.29, 1.82) is 0 Å². The minimum Gasteiger partial charge on any atom is -0.479 e. The molecule has 10 N–H and O–H groups in total. The number of carbonyl (C=O) groups excluding carboxylic acids is 2. The first-order valence-electron chi connectivity index (χ1n) is 24.6. The third kappa shape index (κ3) is 8.95. The summed E-state index contributed by atoms with van der Waals surface area (Å²) in [5, 5.41) is 107. The molecule has 7 rings (SSSR count). The number of rotatable bonds is 15. The highest BCUT2D eigenvalue weighted by Gasteiger charge is 2.72. The normalized spacial score (nSPS) is 48.5. The maximum atomic E-state index is 13.9. The number of hydrogen-bond acceptors (Lipinski definition) is 19. The summed E-state index contributed by atoms with van der Waals surface area (Å²) >= 11 is 0. The molecule has 69 heavy (non-hydrogen) atoms. The largest absolute Gasteiger partial charge is 0.479 e. The lowest BCUT2D eigenvalue weighted by Crippen LogP contribution is -2.69. The van der Waals surface area contributed by atoms with Gasteiger partial charge in [0.15, 0.2) is 25.0 Å². The Bertz CT molecular complexity index is 1900. The molecule has 394 valence electrons. The van der Waals surface area contributed by atoms with E-state index in [0.29, 0.717) is 38.5 Å². The van der Waals surface area contributed by atoms with Gasteiger partial charge in [-0.05, 0) is 104 Å². The summed E-state index contributed by atoms with van der Waals surface area (Å²) in [5.41, 5.74) is -2.62. The van der Waals surface area contributed by atoms with Crippen LogP contribution in [0.5, 0.6) is 0 Å². The van der Waals surface area contributed by atoms with Crippen LogP contribution in [0.3, 0.4) is 0 Å². The molecule has 6 fully saturated rings. The molecule has 0 aromatic rings. The van der Waals surface area contributed by atoms with E-state index in [1.165, 1.54) is 19.6 Å². The molecule has 4 saturated carbocycles. The molecule has 0 bridgehead atoms. The fourth-order valence-electron chi connectivity index (χ4n) is 14.6. The number of aliphatic hydroxyl groups is 9. The smallest absolute Gasteiger partial charge is 0.335 e. The SMILES string of the molecule is COC(=O)[C@]12CCC(C)(C)CC1C1=CCC3C4(C)CC[C@H](O[C@@H]5OC(C(=O)O)[C@@H](O)C(O[C@H](OC[C@H](C)O)[C@@H](O)CO)C5O[C@@H]5OC(CO)[C@H](O)C(O)[C@@H]5O)[C@](C)(C=O)C4CCC3(C)[C@]1(C)C[C@H]2O. The third-order valence-electron chi connectivity index (χ3n) is 18.7. The molecule has 0 aromatic carbocycles. The Morgan fingerprint density at radius 2 is 1.54 bits per heavy atom. The number of carboxylic acid groups (broad SMARTS) is 1. The van der Waals surface area contributed by atoms with Crippen molar-refractivity contribution < 1.29 is 98.6 Å². The summed E-state index contributed by atoms with van der Waals surface area (Å²) in [6.45, 7) is 12.0. The molecule has 0 amide bonds. The van der Waals surface area contributed by atoms with Gasteiger partial charge in [0.05, 0.1) is 50.7 Å². The van der Waals surface area contributed by atoms with Crippen LogP contribution in [0.1, 0.15) is 106 Å². The number of fused-ring (bicyclic) bond motifs is 7. The molecular weight excluding hydrogens is 909 g/mol. The van der Waals surface area contributed by atoms with E-state index in [2.05, 4.69) is 40.7 Å². The molecule has 7 aliphatic rings. The molecule has 20 heteroatoms. The molecule has 0 radical (unpaired) electrons.